The van der Waals surface area contributed by atoms with Gasteiger partial charge in [0.15, 0.2) is 11.5 Å². The second-order valence-electron chi connectivity index (χ2n) is 5.27. The Labute approximate surface area is 153 Å². The van der Waals surface area contributed by atoms with Crippen LogP contribution in [0.4, 0.5) is 5.69 Å². The lowest BCUT2D eigenvalue weighted by Gasteiger charge is -2.10. The van der Waals surface area contributed by atoms with Gasteiger partial charge in [-0.1, -0.05) is 6.07 Å². The number of hydrogen-bond acceptors (Lipinski definition) is 5. The van der Waals surface area contributed by atoms with Crippen LogP contribution in [0.1, 0.15) is 12.5 Å². The minimum absolute atomic E-state index is 0.270. The first-order valence-corrected chi connectivity index (χ1v) is 8.12. The second-order valence-corrected chi connectivity index (χ2v) is 5.27. The predicted octanol–water partition coefficient (Wildman–Crippen LogP) is 3.76. The number of methoxy groups -OCH3 is 3. The summed E-state index contributed by atoms with van der Waals surface area (Å²) in [5.41, 5.74) is 1.41. The quantitative estimate of drug-likeness (QED) is 0.729. The Bertz CT molecular complexity index is 764. The van der Waals surface area contributed by atoms with Gasteiger partial charge in [0.1, 0.15) is 11.5 Å². The van der Waals surface area contributed by atoms with Crippen molar-refractivity contribution in [2.75, 3.05) is 33.3 Å². The van der Waals surface area contributed by atoms with Gasteiger partial charge in [0.05, 0.1) is 27.9 Å². The summed E-state index contributed by atoms with van der Waals surface area (Å²) in [7, 11) is 4.69. The lowest BCUT2D eigenvalue weighted by atomic mass is 10.2. The SMILES string of the molecule is CCOc1ccc(/C=C/C(=O)Nc2cc(OC)cc(OC)c2)cc1OC. The van der Waals surface area contributed by atoms with Gasteiger partial charge in [0.25, 0.3) is 0 Å². The summed E-state index contributed by atoms with van der Waals surface area (Å²) in [4.78, 5) is 12.2. The maximum atomic E-state index is 12.2. The van der Waals surface area contributed by atoms with Gasteiger partial charge in [0.2, 0.25) is 5.91 Å². The molecular weight excluding hydrogens is 334 g/mol. The Morgan fingerprint density at radius 3 is 2.23 bits per heavy atom. The highest BCUT2D eigenvalue weighted by Crippen LogP contribution is 2.29. The third-order valence-electron chi connectivity index (χ3n) is 3.53. The Hall–Kier alpha value is -3.15. The average molecular weight is 357 g/mol. The molecule has 1 N–H and O–H groups in total. The first-order valence-electron chi connectivity index (χ1n) is 8.12. The van der Waals surface area contributed by atoms with Gasteiger partial charge in [0, 0.05) is 30.0 Å². The fraction of sp³-hybridized carbons (Fsp3) is 0.250. The van der Waals surface area contributed by atoms with Gasteiger partial charge in [-0.3, -0.25) is 4.79 Å². The zero-order valence-corrected chi connectivity index (χ0v) is 15.4. The van der Waals surface area contributed by atoms with E-state index in [1.165, 1.54) is 6.08 Å². The maximum Gasteiger partial charge on any atom is 0.248 e. The largest absolute Gasteiger partial charge is 0.497 e. The molecule has 138 valence electrons. The second kappa shape index (κ2) is 9.36. The number of hydrogen-bond donors (Lipinski definition) is 1. The zero-order valence-electron chi connectivity index (χ0n) is 15.4. The van der Waals surface area contributed by atoms with Crippen LogP contribution in [0.5, 0.6) is 23.0 Å². The molecule has 0 spiro atoms. The van der Waals surface area contributed by atoms with Crippen molar-refractivity contribution < 1.29 is 23.7 Å². The van der Waals surface area contributed by atoms with Crippen LogP contribution < -0.4 is 24.3 Å². The van der Waals surface area contributed by atoms with E-state index in [1.807, 2.05) is 25.1 Å². The highest BCUT2D eigenvalue weighted by atomic mass is 16.5. The fourth-order valence-electron chi connectivity index (χ4n) is 2.30. The molecule has 0 aromatic heterocycles. The molecule has 0 unspecified atom stereocenters. The molecule has 0 radical (unpaired) electrons. The molecule has 6 nitrogen and oxygen atoms in total. The molecule has 0 saturated heterocycles. The van der Waals surface area contributed by atoms with Crippen LogP contribution >= 0.6 is 0 Å². The monoisotopic (exact) mass is 357 g/mol. The van der Waals surface area contributed by atoms with E-state index in [-0.39, 0.29) is 5.91 Å². The lowest BCUT2D eigenvalue weighted by Crippen LogP contribution is -2.08. The van der Waals surface area contributed by atoms with E-state index in [0.717, 1.165) is 5.56 Å². The minimum atomic E-state index is -0.270. The van der Waals surface area contributed by atoms with Gasteiger partial charge in [-0.2, -0.15) is 0 Å². The maximum absolute atomic E-state index is 12.2. The molecule has 0 fully saturated rings. The molecule has 2 aromatic carbocycles. The Morgan fingerprint density at radius 2 is 1.65 bits per heavy atom. The Balaban J connectivity index is 2.10. The molecule has 1 amide bonds. The van der Waals surface area contributed by atoms with Crippen LogP contribution in [-0.2, 0) is 4.79 Å². The van der Waals surface area contributed by atoms with Gasteiger partial charge in [-0.15, -0.1) is 0 Å². The first kappa shape index (κ1) is 19.2. The first-order chi connectivity index (χ1) is 12.6. The van der Waals surface area contributed by atoms with Crippen molar-refractivity contribution in [3.63, 3.8) is 0 Å². The summed E-state index contributed by atoms with van der Waals surface area (Å²) in [6.07, 6.45) is 3.14. The normalized spacial score (nSPS) is 10.5. The molecule has 0 aliphatic rings. The third kappa shape index (κ3) is 5.17. The lowest BCUT2D eigenvalue weighted by molar-refractivity contribution is -0.111. The summed E-state index contributed by atoms with van der Waals surface area (Å²) < 4.78 is 21.2. The van der Waals surface area contributed by atoms with Crippen molar-refractivity contribution in [1.29, 1.82) is 0 Å². The molecule has 0 atom stereocenters. The number of amides is 1. The van der Waals surface area contributed by atoms with Crippen molar-refractivity contribution in [1.82, 2.24) is 0 Å². The van der Waals surface area contributed by atoms with Crippen LogP contribution in [0.15, 0.2) is 42.5 Å². The average Bonchev–Trinajstić information content (AvgIpc) is 2.66. The van der Waals surface area contributed by atoms with E-state index in [1.54, 1.807) is 45.6 Å². The van der Waals surface area contributed by atoms with Crippen molar-refractivity contribution in [2.45, 2.75) is 6.92 Å². The highest BCUT2D eigenvalue weighted by molar-refractivity contribution is 6.02. The van der Waals surface area contributed by atoms with Gasteiger partial charge >= 0.3 is 0 Å². The van der Waals surface area contributed by atoms with Gasteiger partial charge in [-0.05, 0) is 30.7 Å². The number of anilines is 1. The molecule has 0 bridgehead atoms. The summed E-state index contributed by atoms with van der Waals surface area (Å²) in [5, 5.41) is 2.78. The molecule has 6 heteroatoms. The van der Waals surface area contributed by atoms with Crippen LogP contribution in [-0.4, -0.2) is 33.8 Å². The molecule has 2 rings (SSSR count). The van der Waals surface area contributed by atoms with Crippen molar-refractivity contribution >= 4 is 17.7 Å². The van der Waals surface area contributed by atoms with E-state index < -0.39 is 0 Å². The number of rotatable bonds is 8. The minimum Gasteiger partial charge on any atom is -0.497 e. The highest BCUT2D eigenvalue weighted by Gasteiger charge is 2.06. The topological polar surface area (TPSA) is 66.0 Å². The summed E-state index contributed by atoms with van der Waals surface area (Å²) in [6.45, 7) is 2.46. The van der Waals surface area contributed by atoms with Crippen LogP contribution in [0.2, 0.25) is 0 Å². The van der Waals surface area contributed by atoms with E-state index in [0.29, 0.717) is 35.3 Å². The molecule has 0 heterocycles. The standard InChI is InChI=1S/C20H23NO5/c1-5-26-18-8-6-14(10-19(18)25-4)7-9-20(22)21-15-11-16(23-2)13-17(12-15)24-3/h6-13H,5H2,1-4H3,(H,21,22)/b9-7+. The number of carbonyl (C=O) groups excluding carboxylic acids is 1. The van der Waals surface area contributed by atoms with Crippen molar-refractivity contribution in [2.24, 2.45) is 0 Å². The summed E-state index contributed by atoms with van der Waals surface area (Å²) in [5.74, 6) is 2.21. The van der Waals surface area contributed by atoms with Crippen molar-refractivity contribution in [3.8, 4) is 23.0 Å². The molecule has 26 heavy (non-hydrogen) atoms. The third-order valence-corrected chi connectivity index (χ3v) is 3.53. The molecular formula is C20H23NO5. The fourth-order valence-corrected chi connectivity index (χ4v) is 2.30. The number of ether oxygens (including phenoxy) is 4. The Morgan fingerprint density at radius 1 is 0.962 bits per heavy atom. The number of carbonyl (C=O) groups is 1. The van der Waals surface area contributed by atoms with Crippen LogP contribution in [0.3, 0.4) is 0 Å². The van der Waals surface area contributed by atoms with E-state index >= 15 is 0 Å². The Kier molecular flexibility index (Phi) is 6.91. The van der Waals surface area contributed by atoms with E-state index in [4.69, 9.17) is 18.9 Å². The summed E-state index contributed by atoms with van der Waals surface area (Å²) >= 11 is 0. The van der Waals surface area contributed by atoms with E-state index in [9.17, 15) is 4.79 Å². The number of nitrogens with one attached hydrogen (secondary N) is 1. The molecule has 0 aliphatic heterocycles. The zero-order chi connectivity index (χ0) is 18.9. The van der Waals surface area contributed by atoms with Gasteiger partial charge < -0.3 is 24.3 Å². The molecule has 2 aromatic rings. The van der Waals surface area contributed by atoms with Crippen LogP contribution in [0.25, 0.3) is 6.08 Å². The summed E-state index contributed by atoms with van der Waals surface area (Å²) in [6, 6.07) is 10.6. The molecule has 0 saturated carbocycles. The number of benzene rings is 2. The van der Waals surface area contributed by atoms with E-state index in [2.05, 4.69) is 5.32 Å². The van der Waals surface area contributed by atoms with Crippen molar-refractivity contribution in [3.05, 3.63) is 48.0 Å². The molecule has 0 aliphatic carbocycles. The predicted molar refractivity (Wildman–Crippen MR) is 101 cm³/mol. The van der Waals surface area contributed by atoms with Crippen LogP contribution in [0, 0.1) is 0 Å². The smallest absolute Gasteiger partial charge is 0.248 e. The van der Waals surface area contributed by atoms with Gasteiger partial charge in [-0.25, -0.2) is 0 Å².